The quantitative estimate of drug-likeness (QED) is 0.0319. The maximum Gasteiger partial charge on any atom is 0.472 e. The van der Waals surface area contributed by atoms with Gasteiger partial charge in [0.15, 0.2) is 0 Å². The highest BCUT2D eigenvalue weighted by Crippen LogP contribution is 2.43. The normalized spacial score (nSPS) is 14.0. The van der Waals surface area contributed by atoms with Gasteiger partial charge in [-0.25, -0.2) is 4.57 Å². The van der Waals surface area contributed by atoms with Crippen molar-refractivity contribution in [3.63, 3.8) is 0 Å². The van der Waals surface area contributed by atoms with Gasteiger partial charge in [0.05, 0.1) is 39.9 Å². The number of hydrogen-bond acceptors (Lipinski definition) is 5. The predicted molar refractivity (Wildman–Crippen MR) is 263 cm³/mol. The van der Waals surface area contributed by atoms with E-state index in [9.17, 15) is 19.4 Å². The minimum Gasteiger partial charge on any atom is -0.391 e. The number of likely N-dealkylation sites (N-methyl/N-ethyl adjacent to an activating group) is 1. The van der Waals surface area contributed by atoms with Gasteiger partial charge >= 0.3 is 7.82 Å². The van der Waals surface area contributed by atoms with E-state index in [-0.39, 0.29) is 19.1 Å². The van der Waals surface area contributed by atoms with Crippen molar-refractivity contribution in [1.29, 1.82) is 0 Å². The van der Waals surface area contributed by atoms with Crippen LogP contribution in [0.5, 0.6) is 0 Å². The van der Waals surface area contributed by atoms with Gasteiger partial charge in [-0.3, -0.25) is 13.8 Å². The van der Waals surface area contributed by atoms with E-state index in [2.05, 4.69) is 19.2 Å². The van der Waals surface area contributed by atoms with Crippen LogP contribution in [-0.4, -0.2) is 73.4 Å². The Hall–Kier alpha value is -0.500. The highest BCUT2D eigenvalue weighted by Gasteiger charge is 2.28. The van der Waals surface area contributed by atoms with E-state index >= 15 is 0 Å². The molecule has 3 unspecified atom stereocenters. The summed E-state index contributed by atoms with van der Waals surface area (Å²) in [6, 6.07) is -0.754. The van der Waals surface area contributed by atoms with Gasteiger partial charge in [-0.1, -0.05) is 258 Å². The Balaban J connectivity index is 4.19. The van der Waals surface area contributed by atoms with Crippen LogP contribution in [0.25, 0.3) is 0 Å². The molecule has 8 nitrogen and oxygen atoms in total. The molecule has 0 heterocycles. The smallest absolute Gasteiger partial charge is 0.391 e. The summed E-state index contributed by atoms with van der Waals surface area (Å²) in [6.45, 7) is 4.94. The standard InChI is InChI=1S/C52H107N2O6P/c1-6-8-10-12-14-16-18-20-22-24-26-28-29-31-33-35-37-39-41-43-45-51(55)50(49-60-61(57,58)59-48-47-54(3,4)5)53-52(56)46-44-42-40-38-36-34-32-30-27-25-23-21-19-17-15-13-11-9-7-2/h50-51,55H,6-49H2,1-5H3,(H-,53,56,57,58)/p+1. The van der Waals surface area contributed by atoms with Gasteiger partial charge in [0.1, 0.15) is 13.2 Å². The Morgan fingerprint density at radius 1 is 0.492 bits per heavy atom. The minimum absolute atomic E-state index is 0.0790. The van der Waals surface area contributed by atoms with Crippen LogP contribution < -0.4 is 5.32 Å². The van der Waals surface area contributed by atoms with Crippen molar-refractivity contribution in [3.05, 3.63) is 0 Å². The van der Waals surface area contributed by atoms with Gasteiger partial charge in [0.2, 0.25) is 5.91 Å². The molecular weight excluding hydrogens is 780 g/mol. The summed E-state index contributed by atoms with van der Waals surface area (Å²) in [7, 11) is 1.63. The molecule has 0 aliphatic heterocycles. The molecule has 0 saturated heterocycles. The summed E-state index contributed by atoms with van der Waals surface area (Å²) in [6.07, 6.45) is 51.4. The van der Waals surface area contributed by atoms with Crippen LogP contribution in [0.4, 0.5) is 0 Å². The van der Waals surface area contributed by atoms with Crippen molar-refractivity contribution in [3.8, 4) is 0 Å². The molecule has 0 aromatic carbocycles. The number of aliphatic hydroxyl groups excluding tert-OH is 1. The first-order chi connectivity index (χ1) is 29.5. The number of rotatable bonds is 50. The molecule has 0 aliphatic carbocycles. The van der Waals surface area contributed by atoms with Crippen molar-refractivity contribution in [2.75, 3.05) is 40.9 Å². The van der Waals surface area contributed by atoms with Crippen LogP contribution in [0.15, 0.2) is 0 Å². The van der Waals surface area contributed by atoms with E-state index in [0.717, 1.165) is 38.5 Å². The Bertz CT molecular complexity index is 963. The molecule has 0 aromatic heterocycles. The lowest BCUT2D eigenvalue weighted by atomic mass is 10.0. The van der Waals surface area contributed by atoms with Crippen LogP contribution in [0.2, 0.25) is 0 Å². The second-order valence-corrected chi connectivity index (χ2v) is 21.4. The summed E-state index contributed by atoms with van der Waals surface area (Å²) in [5.74, 6) is -0.137. The molecule has 0 rings (SSSR count). The first-order valence-corrected chi connectivity index (χ1v) is 28.4. The predicted octanol–water partition coefficient (Wildman–Crippen LogP) is 15.7. The van der Waals surface area contributed by atoms with Gasteiger partial charge in [-0.05, 0) is 12.8 Å². The van der Waals surface area contributed by atoms with Crippen molar-refractivity contribution in [1.82, 2.24) is 5.32 Å². The highest BCUT2D eigenvalue weighted by atomic mass is 31.2. The summed E-state index contributed by atoms with van der Waals surface area (Å²) in [5.41, 5.74) is 0. The molecule has 3 atom stereocenters. The molecule has 9 heteroatoms. The van der Waals surface area contributed by atoms with Crippen LogP contribution in [0, 0.1) is 0 Å². The lowest BCUT2D eigenvalue weighted by Crippen LogP contribution is -2.46. The Labute approximate surface area is 380 Å². The molecule has 0 spiro atoms. The third-order valence-corrected chi connectivity index (χ3v) is 13.6. The number of nitrogens with zero attached hydrogens (tertiary/aromatic N) is 1. The number of hydrogen-bond donors (Lipinski definition) is 3. The summed E-state index contributed by atoms with van der Waals surface area (Å²) in [4.78, 5) is 23.3. The van der Waals surface area contributed by atoms with Crippen LogP contribution in [0.3, 0.4) is 0 Å². The molecule has 1 amide bonds. The fourth-order valence-corrected chi connectivity index (χ4v) is 9.08. The lowest BCUT2D eigenvalue weighted by Gasteiger charge is -2.26. The molecule has 0 fully saturated rings. The molecule has 366 valence electrons. The van der Waals surface area contributed by atoms with Gasteiger partial charge < -0.3 is 19.8 Å². The molecule has 61 heavy (non-hydrogen) atoms. The van der Waals surface area contributed by atoms with E-state index < -0.39 is 20.0 Å². The molecule has 0 radical (unpaired) electrons. The number of phosphoric acid groups is 1. The largest absolute Gasteiger partial charge is 0.472 e. The SMILES string of the molecule is CCCCCCCCCCCCCCCCCCCCCCC(O)C(COP(=O)(O)OCC[N+](C)(C)C)NC(=O)CCCCCCCCCCCCCCCCCCCCC. The van der Waals surface area contributed by atoms with Crippen molar-refractivity contribution >= 4 is 13.7 Å². The number of aliphatic hydroxyl groups is 1. The number of phosphoric ester groups is 1. The first-order valence-electron chi connectivity index (χ1n) is 26.9. The minimum atomic E-state index is -4.31. The third-order valence-electron chi connectivity index (χ3n) is 12.6. The lowest BCUT2D eigenvalue weighted by molar-refractivity contribution is -0.870. The third kappa shape index (κ3) is 47.3. The fourth-order valence-electron chi connectivity index (χ4n) is 8.34. The van der Waals surface area contributed by atoms with Gasteiger partial charge in [-0.2, -0.15) is 0 Å². The van der Waals surface area contributed by atoms with E-state index in [4.69, 9.17) is 9.05 Å². The Kier molecular flexibility index (Phi) is 44.3. The first kappa shape index (κ1) is 60.5. The zero-order valence-corrected chi connectivity index (χ0v) is 42.6. The molecule has 0 aliphatic rings. The van der Waals surface area contributed by atoms with Gasteiger partial charge in [0, 0.05) is 6.42 Å². The Morgan fingerprint density at radius 3 is 1.10 bits per heavy atom. The zero-order valence-electron chi connectivity index (χ0n) is 41.7. The molecule has 0 aromatic rings. The number of carbonyl (C=O) groups is 1. The number of quaternary nitrogens is 1. The highest BCUT2D eigenvalue weighted by molar-refractivity contribution is 7.47. The summed E-state index contributed by atoms with van der Waals surface area (Å²) in [5, 5.41) is 14.0. The van der Waals surface area contributed by atoms with Crippen molar-refractivity contribution in [2.24, 2.45) is 0 Å². The summed E-state index contributed by atoms with van der Waals surface area (Å²) < 4.78 is 23.7. The van der Waals surface area contributed by atoms with Crippen molar-refractivity contribution in [2.45, 2.75) is 289 Å². The van der Waals surface area contributed by atoms with E-state index in [1.54, 1.807) is 0 Å². The van der Waals surface area contributed by atoms with Crippen molar-refractivity contribution < 1.29 is 32.9 Å². The van der Waals surface area contributed by atoms with E-state index in [1.165, 1.54) is 212 Å². The number of unbranched alkanes of at least 4 members (excludes halogenated alkanes) is 37. The van der Waals surface area contributed by atoms with E-state index in [1.807, 2.05) is 21.1 Å². The van der Waals surface area contributed by atoms with Crippen LogP contribution in [-0.2, 0) is 18.4 Å². The maximum absolute atomic E-state index is 13.0. The second kappa shape index (κ2) is 44.7. The molecule has 0 bridgehead atoms. The number of nitrogens with one attached hydrogen (secondary N) is 1. The van der Waals surface area contributed by atoms with Crippen LogP contribution >= 0.6 is 7.82 Å². The summed E-state index contributed by atoms with van der Waals surface area (Å²) >= 11 is 0. The zero-order chi connectivity index (χ0) is 45.0. The second-order valence-electron chi connectivity index (χ2n) is 20.0. The average molecular weight is 888 g/mol. The number of amides is 1. The van der Waals surface area contributed by atoms with Crippen LogP contribution in [0.1, 0.15) is 277 Å². The monoisotopic (exact) mass is 888 g/mol. The molecular formula is C52H108N2O6P+. The fraction of sp³-hybridized carbons (Fsp3) is 0.981. The van der Waals surface area contributed by atoms with E-state index in [0.29, 0.717) is 23.9 Å². The Morgan fingerprint density at radius 2 is 0.787 bits per heavy atom. The molecule has 3 N–H and O–H groups in total. The number of carbonyl (C=O) groups excluding carboxylic acids is 1. The maximum atomic E-state index is 13.0. The van der Waals surface area contributed by atoms with Gasteiger partial charge in [-0.15, -0.1) is 0 Å². The van der Waals surface area contributed by atoms with Gasteiger partial charge in [0.25, 0.3) is 0 Å². The topological polar surface area (TPSA) is 105 Å². The average Bonchev–Trinajstić information content (AvgIpc) is 3.21. The molecule has 0 saturated carbocycles.